The summed E-state index contributed by atoms with van der Waals surface area (Å²) in [7, 11) is -2.01. The van der Waals surface area contributed by atoms with E-state index in [0.29, 0.717) is 16.6 Å². The molecule has 29 heavy (non-hydrogen) atoms. The largest absolute Gasteiger partial charge is 0.400 e. The summed E-state index contributed by atoms with van der Waals surface area (Å²) in [5, 5.41) is 10.7. The molecule has 0 bridgehead atoms. The smallest absolute Gasteiger partial charge is 0.202 e. The fourth-order valence-electron chi connectivity index (χ4n) is 4.48. The van der Waals surface area contributed by atoms with Crippen LogP contribution >= 0.6 is 0 Å². The summed E-state index contributed by atoms with van der Waals surface area (Å²) >= 11 is 0. The van der Waals surface area contributed by atoms with Crippen molar-refractivity contribution in [1.29, 1.82) is 0 Å². The highest BCUT2D eigenvalue weighted by molar-refractivity contribution is 6.77. The molecule has 0 fully saturated rings. The number of aliphatic hydroxyl groups excluding tert-OH is 1. The van der Waals surface area contributed by atoms with Crippen molar-refractivity contribution in [3.8, 4) is 11.8 Å². The molecule has 1 N–H and O–H groups in total. The Labute approximate surface area is 180 Å². The van der Waals surface area contributed by atoms with Crippen molar-refractivity contribution in [2.75, 3.05) is 0 Å². The van der Waals surface area contributed by atoms with Gasteiger partial charge >= 0.3 is 0 Å². The first-order valence-electron chi connectivity index (χ1n) is 11.0. The van der Waals surface area contributed by atoms with Crippen LogP contribution in [0.4, 0.5) is 0 Å². The van der Waals surface area contributed by atoms with Gasteiger partial charge < -0.3 is 9.53 Å². The molecule has 0 aliphatic rings. The normalized spacial score (nSPS) is 15.4. The van der Waals surface area contributed by atoms with Crippen LogP contribution < -0.4 is 0 Å². The SMILES string of the molecule is C/C(=C\c1ccccc1)[C@H](O)[C@H](C)C#CC(C)(C)O[Si](C(C)C)(C(C)C)C(C)C. The fraction of sp³-hybridized carbons (Fsp3) is 0.615. The highest BCUT2D eigenvalue weighted by Crippen LogP contribution is 2.44. The molecule has 0 heterocycles. The molecule has 162 valence electrons. The third-order valence-electron chi connectivity index (χ3n) is 5.87. The third-order valence-corrected chi connectivity index (χ3v) is 12.2. The van der Waals surface area contributed by atoms with Gasteiger partial charge in [-0.25, -0.2) is 0 Å². The quantitative estimate of drug-likeness (QED) is 0.364. The zero-order valence-electron chi connectivity index (χ0n) is 20.2. The van der Waals surface area contributed by atoms with Gasteiger partial charge in [0.05, 0.1) is 6.10 Å². The van der Waals surface area contributed by atoms with Crippen molar-refractivity contribution >= 4 is 14.4 Å². The van der Waals surface area contributed by atoms with Gasteiger partial charge in [-0.15, -0.1) is 0 Å². The van der Waals surface area contributed by atoms with E-state index in [-0.39, 0.29) is 5.92 Å². The summed E-state index contributed by atoms with van der Waals surface area (Å²) < 4.78 is 6.87. The molecule has 1 rings (SSSR count). The van der Waals surface area contributed by atoms with E-state index in [1.54, 1.807) is 0 Å². The van der Waals surface area contributed by atoms with Crippen LogP contribution in [0.2, 0.25) is 16.6 Å². The number of rotatable bonds is 8. The molecule has 0 aliphatic carbocycles. The second kappa shape index (κ2) is 10.6. The first-order chi connectivity index (χ1) is 13.3. The monoisotopic (exact) mass is 414 g/mol. The summed E-state index contributed by atoms with van der Waals surface area (Å²) in [5.74, 6) is 6.48. The molecule has 2 atom stereocenters. The van der Waals surface area contributed by atoms with Crippen molar-refractivity contribution in [2.45, 2.75) is 97.6 Å². The van der Waals surface area contributed by atoms with Crippen molar-refractivity contribution in [3.05, 3.63) is 41.5 Å². The van der Waals surface area contributed by atoms with Gasteiger partial charge in [0, 0.05) is 5.92 Å². The first kappa shape index (κ1) is 25.7. The van der Waals surface area contributed by atoms with E-state index in [1.165, 1.54) is 0 Å². The molecule has 0 spiro atoms. The molecule has 0 saturated heterocycles. The standard InChI is InChI=1S/C26H42O2Si/c1-19(2)29(20(3)4,21(5)6)28-26(9,10)17-16-22(7)25(27)23(8)18-24-14-12-11-13-15-24/h11-15,18-22,25,27H,1-10H3/b23-18+/t22-,25-/m1/s1. The lowest BCUT2D eigenvalue weighted by molar-refractivity contribution is 0.143. The summed E-state index contributed by atoms with van der Waals surface area (Å²) in [4.78, 5) is 0. The van der Waals surface area contributed by atoms with Crippen LogP contribution in [0.5, 0.6) is 0 Å². The van der Waals surface area contributed by atoms with Gasteiger partial charge in [0.1, 0.15) is 5.60 Å². The predicted octanol–water partition coefficient (Wildman–Crippen LogP) is 7.06. The average molecular weight is 415 g/mol. The minimum Gasteiger partial charge on any atom is -0.400 e. The van der Waals surface area contributed by atoms with Gasteiger partial charge in [0.15, 0.2) is 0 Å². The molecular formula is C26H42O2Si. The van der Waals surface area contributed by atoms with Crippen LogP contribution in [0.15, 0.2) is 35.9 Å². The Kier molecular flexibility index (Phi) is 9.41. The molecule has 0 aliphatic heterocycles. The van der Waals surface area contributed by atoms with Crippen LogP contribution in [0.25, 0.3) is 6.08 Å². The van der Waals surface area contributed by atoms with Gasteiger partial charge in [-0.05, 0) is 55.5 Å². The Hall–Kier alpha value is -1.34. The van der Waals surface area contributed by atoms with E-state index < -0.39 is 20.0 Å². The zero-order valence-corrected chi connectivity index (χ0v) is 21.2. The van der Waals surface area contributed by atoms with E-state index >= 15 is 0 Å². The Morgan fingerprint density at radius 3 is 1.90 bits per heavy atom. The van der Waals surface area contributed by atoms with Crippen LogP contribution in [0.3, 0.4) is 0 Å². The van der Waals surface area contributed by atoms with Gasteiger partial charge in [-0.3, -0.25) is 0 Å². The van der Waals surface area contributed by atoms with Crippen LogP contribution in [0, 0.1) is 17.8 Å². The minimum atomic E-state index is -2.01. The maximum Gasteiger partial charge on any atom is 0.202 e. The van der Waals surface area contributed by atoms with Crippen LogP contribution in [-0.2, 0) is 4.43 Å². The number of benzene rings is 1. The van der Waals surface area contributed by atoms with Crippen molar-refractivity contribution in [2.24, 2.45) is 5.92 Å². The molecule has 0 unspecified atom stereocenters. The Bertz CT molecular complexity index is 698. The Morgan fingerprint density at radius 2 is 1.45 bits per heavy atom. The number of aliphatic hydroxyl groups is 1. The summed E-state index contributed by atoms with van der Waals surface area (Å²) in [6.45, 7) is 21.8. The Balaban J connectivity index is 3.02. The zero-order chi connectivity index (χ0) is 22.4. The van der Waals surface area contributed by atoms with E-state index in [2.05, 4.69) is 67.2 Å². The van der Waals surface area contributed by atoms with Crippen molar-refractivity contribution < 1.29 is 9.53 Å². The van der Waals surface area contributed by atoms with Crippen LogP contribution in [0.1, 0.15) is 74.8 Å². The average Bonchev–Trinajstić information content (AvgIpc) is 2.63. The lowest BCUT2D eigenvalue weighted by Gasteiger charge is -2.46. The van der Waals surface area contributed by atoms with E-state index in [4.69, 9.17) is 4.43 Å². The molecular weight excluding hydrogens is 372 g/mol. The van der Waals surface area contributed by atoms with Gasteiger partial charge in [-0.2, -0.15) is 0 Å². The summed E-state index contributed by atoms with van der Waals surface area (Å²) in [5.41, 5.74) is 3.03. The Morgan fingerprint density at radius 1 is 0.966 bits per heavy atom. The summed E-state index contributed by atoms with van der Waals surface area (Å²) in [6.07, 6.45) is 1.43. The van der Waals surface area contributed by atoms with Gasteiger partial charge in [0.2, 0.25) is 8.32 Å². The highest BCUT2D eigenvalue weighted by atomic mass is 28.4. The van der Waals surface area contributed by atoms with Crippen LogP contribution in [-0.4, -0.2) is 25.1 Å². The van der Waals surface area contributed by atoms with E-state index in [1.807, 2.05) is 50.3 Å². The van der Waals surface area contributed by atoms with Crippen molar-refractivity contribution in [3.63, 3.8) is 0 Å². The minimum absolute atomic E-state index is 0.161. The molecule has 1 aromatic rings. The van der Waals surface area contributed by atoms with E-state index in [0.717, 1.165) is 11.1 Å². The molecule has 0 saturated carbocycles. The molecule has 3 heteroatoms. The topological polar surface area (TPSA) is 29.5 Å². The van der Waals surface area contributed by atoms with Gasteiger partial charge in [0.25, 0.3) is 0 Å². The maximum absolute atomic E-state index is 10.7. The maximum atomic E-state index is 10.7. The fourth-order valence-corrected chi connectivity index (χ4v) is 10.1. The molecule has 2 nitrogen and oxygen atoms in total. The predicted molar refractivity (Wildman–Crippen MR) is 129 cm³/mol. The molecule has 0 amide bonds. The third kappa shape index (κ3) is 6.85. The second-order valence-electron chi connectivity index (χ2n) is 9.73. The molecule has 0 aromatic heterocycles. The summed E-state index contributed by atoms with van der Waals surface area (Å²) in [6, 6.07) is 10.1. The van der Waals surface area contributed by atoms with Crippen molar-refractivity contribution in [1.82, 2.24) is 0 Å². The number of hydrogen-bond acceptors (Lipinski definition) is 2. The second-order valence-corrected chi connectivity index (χ2v) is 15.1. The lowest BCUT2D eigenvalue weighted by Crippen LogP contribution is -2.52. The molecule has 0 radical (unpaired) electrons. The van der Waals surface area contributed by atoms with Gasteiger partial charge in [-0.1, -0.05) is 89.8 Å². The number of hydrogen-bond donors (Lipinski definition) is 1. The van der Waals surface area contributed by atoms with E-state index in [9.17, 15) is 5.11 Å². The first-order valence-corrected chi connectivity index (χ1v) is 13.1. The lowest BCUT2D eigenvalue weighted by atomic mass is 9.96. The molecule has 1 aromatic carbocycles. The highest BCUT2D eigenvalue weighted by Gasteiger charge is 2.48.